The molecule has 0 radical (unpaired) electrons. The van der Waals surface area contributed by atoms with Gasteiger partial charge in [-0.05, 0) is 31.2 Å². The number of amides is 1. The predicted molar refractivity (Wildman–Crippen MR) is 99.0 cm³/mol. The molecule has 1 aromatic rings. The molecule has 7 heteroatoms. The Balaban J connectivity index is 2.25. The van der Waals surface area contributed by atoms with E-state index in [4.69, 9.17) is 0 Å². The highest BCUT2D eigenvalue weighted by atomic mass is 32.2. The van der Waals surface area contributed by atoms with Gasteiger partial charge in [0.05, 0.1) is 10.9 Å². The lowest BCUT2D eigenvalue weighted by molar-refractivity contribution is 0.0720. The van der Waals surface area contributed by atoms with Crippen LogP contribution in [-0.2, 0) is 10.0 Å². The van der Waals surface area contributed by atoms with Crippen molar-refractivity contribution in [3.05, 3.63) is 42.0 Å². The van der Waals surface area contributed by atoms with Crippen molar-refractivity contribution in [2.75, 3.05) is 33.7 Å². The third-order valence-electron chi connectivity index (χ3n) is 4.41. The number of hydrogen-bond acceptors (Lipinski definition) is 4. The molecule has 0 unspecified atom stereocenters. The van der Waals surface area contributed by atoms with Crippen molar-refractivity contribution in [2.24, 2.45) is 5.92 Å². The van der Waals surface area contributed by atoms with Crippen LogP contribution in [0.5, 0.6) is 0 Å². The van der Waals surface area contributed by atoms with Crippen LogP contribution in [0.25, 0.3) is 0 Å². The average Bonchev–Trinajstić information content (AvgIpc) is 3.09. The summed E-state index contributed by atoms with van der Waals surface area (Å²) in [4.78, 5) is 14.8. The van der Waals surface area contributed by atoms with Gasteiger partial charge in [-0.3, -0.25) is 4.79 Å². The summed E-state index contributed by atoms with van der Waals surface area (Å²) in [5, 5.41) is 2.93. The maximum absolute atomic E-state index is 12.9. The van der Waals surface area contributed by atoms with E-state index < -0.39 is 10.0 Å². The van der Waals surface area contributed by atoms with E-state index in [1.807, 2.05) is 12.2 Å². The lowest BCUT2D eigenvalue weighted by Crippen LogP contribution is -2.39. The molecule has 0 aliphatic carbocycles. The number of carbonyl (C=O) groups is 1. The van der Waals surface area contributed by atoms with Crippen molar-refractivity contribution in [3.8, 4) is 0 Å². The first-order valence-corrected chi connectivity index (χ1v) is 9.91. The van der Waals surface area contributed by atoms with Gasteiger partial charge < -0.3 is 10.2 Å². The Morgan fingerprint density at radius 3 is 2.76 bits per heavy atom. The third-order valence-corrected chi connectivity index (χ3v) is 6.26. The van der Waals surface area contributed by atoms with Gasteiger partial charge in [-0.15, -0.1) is 0 Å². The molecule has 0 fully saturated rings. The topological polar surface area (TPSA) is 69.7 Å². The molecular formula is C18H27N3O3S. The van der Waals surface area contributed by atoms with Crippen molar-refractivity contribution in [2.45, 2.75) is 24.8 Å². The van der Waals surface area contributed by atoms with Gasteiger partial charge in [0.1, 0.15) is 0 Å². The van der Waals surface area contributed by atoms with Gasteiger partial charge in [0.15, 0.2) is 0 Å². The van der Waals surface area contributed by atoms with E-state index in [2.05, 4.69) is 19.2 Å². The minimum atomic E-state index is -3.61. The summed E-state index contributed by atoms with van der Waals surface area (Å²) < 4.78 is 26.6. The molecule has 1 atom stereocenters. The molecule has 0 saturated carbocycles. The molecule has 138 valence electrons. The maximum atomic E-state index is 12.9. The number of benzene rings is 1. The molecule has 25 heavy (non-hydrogen) atoms. The molecule has 1 aliphatic heterocycles. The van der Waals surface area contributed by atoms with Crippen LogP contribution in [0.1, 0.15) is 24.2 Å². The molecule has 0 aromatic heterocycles. The predicted octanol–water partition coefficient (Wildman–Crippen LogP) is 1.56. The fourth-order valence-electron chi connectivity index (χ4n) is 2.86. The summed E-state index contributed by atoms with van der Waals surface area (Å²) in [6, 6.07) is 6.35. The fraction of sp³-hybridized carbons (Fsp3) is 0.500. The van der Waals surface area contributed by atoms with Gasteiger partial charge in [-0.25, -0.2) is 8.42 Å². The van der Waals surface area contributed by atoms with E-state index in [9.17, 15) is 13.2 Å². The fourth-order valence-corrected chi connectivity index (χ4v) is 4.08. The Morgan fingerprint density at radius 1 is 1.40 bits per heavy atom. The van der Waals surface area contributed by atoms with E-state index in [0.717, 1.165) is 0 Å². The van der Waals surface area contributed by atoms with Crippen LogP contribution >= 0.6 is 0 Å². The smallest absolute Gasteiger partial charge is 0.254 e. The number of likely N-dealkylation sites (N-methyl/N-ethyl adjacent to an activating group) is 2. The monoisotopic (exact) mass is 365 g/mol. The van der Waals surface area contributed by atoms with Crippen LogP contribution in [0.15, 0.2) is 41.3 Å². The number of rotatable bonds is 7. The standard InChI is InChI=1S/C18H27N3O3S/c1-14(2)17-9-6-11-21(17)18(22)15-7-5-8-16(13-15)25(23,24)20(4)12-10-19-3/h5-9,13-14,17,19H,10-12H2,1-4H3/t17-/m0/s1. The molecule has 6 nitrogen and oxygen atoms in total. The van der Waals surface area contributed by atoms with Crippen molar-refractivity contribution >= 4 is 15.9 Å². The summed E-state index contributed by atoms with van der Waals surface area (Å²) >= 11 is 0. The Kier molecular flexibility index (Phi) is 6.37. The summed E-state index contributed by atoms with van der Waals surface area (Å²) in [6.45, 7) is 5.61. The number of nitrogens with zero attached hydrogens (tertiary/aromatic N) is 2. The normalized spacial score (nSPS) is 17.7. The van der Waals surface area contributed by atoms with Crippen LogP contribution in [0.3, 0.4) is 0 Å². The first-order valence-electron chi connectivity index (χ1n) is 8.47. The van der Waals surface area contributed by atoms with Gasteiger partial charge in [-0.2, -0.15) is 4.31 Å². The molecule has 0 bridgehead atoms. The summed E-state index contributed by atoms with van der Waals surface area (Å²) in [6.07, 6.45) is 4.02. The highest BCUT2D eigenvalue weighted by Crippen LogP contribution is 2.22. The van der Waals surface area contributed by atoms with Gasteiger partial charge in [0.2, 0.25) is 10.0 Å². The molecule has 0 saturated heterocycles. The Morgan fingerprint density at radius 2 is 2.12 bits per heavy atom. The second kappa shape index (κ2) is 8.12. The summed E-state index contributed by atoms with van der Waals surface area (Å²) in [5.74, 6) is 0.168. The molecular weight excluding hydrogens is 338 g/mol. The molecule has 2 rings (SSSR count). The minimum Gasteiger partial charge on any atom is -0.328 e. The zero-order valence-electron chi connectivity index (χ0n) is 15.3. The van der Waals surface area contributed by atoms with E-state index >= 15 is 0 Å². The highest BCUT2D eigenvalue weighted by Gasteiger charge is 2.29. The molecule has 1 amide bonds. The van der Waals surface area contributed by atoms with Gasteiger partial charge in [0.25, 0.3) is 5.91 Å². The largest absolute Gasteiger partial charge is 0.328 e. The van der Waals surface area contributed by atoms with Crippen molar-refractivity contribution in [1.29, 1.82) is 0 Å². The summed E-state index contributed by atoms with van der Waals surface area (Å²) in [5.41, 5.74) is 0.400. The Labute approximate surface area is 150 Å². The second-order valence-electron chi connectivity index (χ2n) is 6.58. The Bertz CT molecular complexity index is 744. The van der Waals surface area contributed by atoms with Crippen LogP contribution in [0.2, 0.25) is 0 Å². The van der Waals surface area contributed by atoms with E-state index in [-0.39, 0.29) is 16.8 Å². The lowest BCUT2D eigenvalue weighted by atomic mass is 10.0. The molecule has 1 aromatic carbocycles. The number of sulfonamides is 1. The quantitative estimate of drug-likeness (QED) is 0.745. The zero-order chi connectivity index (χ0) is 18.6. The van der Waals surface area contributed by atoms with Crippen LogP contribution in [-0.4, -0.2) is 63.3 Å². The highest BCUT2D eigenvalue weighted by molar-refractivity contribution is 7.89. The van der Waals surface area contributed by atoms with Gasteiger partial charge in [-0.1, -0.05) is 32.1 Å². The van der Waals surface area contributed by atoms with Crippen LogP contribution in [0, 0.1) is 5.92 Å². The van der Waals surface area contributed by atoms with Crippen molar-refractivity contribution in [1.82, 2.24) is 14.5 Å². The molecule has 1 N–H and O–H groups in total. The Hall–Kier alpha value is -1.70. The van der Waals surface area contributed by atoms with Crippen LogP contribution in [0.4, 0.5) is 0 Å². The number of hydrogen-bond donors (Lipinski definition) is 1. The third kappa shape index (κ3) is 4.29. The van der Waals surface area contributed by atoms with Gasteiger partial charge in [0, 0.05) is 32.2 Å². The lowest BCUT2D eigenvalue weighted by Gasteiger charge is -2.27. The van der Waals surface area contributed by atoms with E-state index in [1.54, 1.807) is 31.1 Å². The minimum absolute atomic E-state index is 0.0473. The molecule has 0 spiro atoms. The first kappa shape index (κ1) is 19.6. The number of carbonyl (C=O) groups excluding carboxylic acids is 1. The second-order valence-corrected chi connectivity index (χ2v) is 8.62. The van der Waals surface area contributed by atoms with E-state index in [0.29, 0.717) is 31.1 Å². The SMILES string of the molecule is CNCCN(C)S(=O)(=O)c1cccc(C(=O)N2CC=C[C@H]2C(C)C)c1. The first-order chi connectivity index (χ1) is 11.8. The van der Waals surface area contributed by atoms with E-state index in [1.165, 1.54) is 16.4 Å². The van der Waals surface area contributed by atoms with Crippen molar-refractivity contribution < 1.29 is 13.2 Å². The molecule has 1 aliphatic rings. The number of nitrogens with one attached hydrogen (secondary N) is 1. The summed E-state index contributed by atoms with van der Waals surface area (Å²) in [7, 11) is -0.299. The van der Waals surface area contributed by atoms with Crippen molar-refractivity contribution in [3.63, 3.8) is 0 Å². The van der Waals surface area contributed by atoms with Gasteiger partial charge >= 0.3 is 0 Å². The average molecular weight is 365 g/mol. The zero-order valence-corrected chi connectivity index (χ0v) is 16.1. The van der Waals surface area contributed by atoms with Crippen LogP contribution < -0.4 is 5.32 Å². The molecule has 1 heterocycles. The maximum Gasteiger partial charge on any atom is 0.254 e.